The summed E-state index contributed by atoms with van der Waals surface area (Å²) in [7, 11) is 1.57. The van der Waals surface area contributed by atoms with Gasteiger partial charge in [-0.2, -0.15) is 0 Å². The quantitative estimate of drug-likeness (QED) is 0.517. The van der Waals surface area contributed by atoms with Crippen molar-refractivity contribution in [2.75, 3.05) is 12.8 Å². The Hall–Kier alpha value is -2.49. The first-order chi connectivity index (χ1) is 10.2. The molecule has 0 amide bonds. The summed E-state index contributed by atoms with van der Waals surface area (Å²) in [6, 6.07) is 10.2. The van der Waals surface area contributed by atoms with E-state index in [4.69, 9.17) is 10.5 Å². The van der Waals surface area contributed by atoms with Gasteiger partial charge >= 0.3 is 0 Å². The van der Waals surface area contributed by atoms with Gasteiger partial charge in [-0.25, -0.2) is 0 Å². The number of benzene rings is 2. The average molecular weight is 299 g/mol. The topological polar surface area (TPSA) is 72.5 Å². The predicted molar refractivity (Wildman–Crippen MR) is 87.6 cm³/mol. The molecular weight excluding hydrogens is 278 g/mol. The molecule has 0 aliphatic rings. The highest BCUT2D eigenvalue weighted by atomic mass is 16.5. The van der Waals surface area contributed by atoms with Gasteiger partial charge in [-0.05, 0) is 47.4 Å². The van der Waals surface area contributed by atoms with Crippen molar-refractivity contribution in [3.8, 4) is 11.5 Å². The van der Waals surface area contributed by atoms with E-state index >= 15 is 0 Å². The molecule has 0 bridgehead atoms. The van der Waals surface area contributed by atoms with Crippen LogP contribution in [0.4, 0.5) is 5.69 Å². The molecule has 0 aliphatic carbocycles. The number of hydrogen-bond acceptors (Lipinski definition) is 4. The van der Waals surface area contributed by atoms with Gasteiger partial charge in [0, 0.05) is 5.56 Å². The Morgan fingerprint density at radius 3 is 2.23 bits per heavy atom. The summed E-state index contributed by atoms with van der Waals surface area (Å²) in [4.78, 5) is 12.6. The Labute approximate surface area is 130 Å². The SMILES string of the molecule is COc1ccc(C(=O)c2cc(C(C)(C)C)cc(N)c2O)cc1. The number of phenolic OH excluding ortho intramolecular Hbond substituents is 1. The average Bonchev–Trinajstić information content (AvgIpc) is 2.48. The minimum absolute atomic E-state index is 0.170. The first-order valence-corrected chi connectivity index (χ1v) is 7.05. The van der Waals surface area contributed by atoms with Crippen molar-refractivity contribution in [1.82, 2.24) is 0 Å². The van der Waals surface area contributed by atoms with Crippen LogP contribution in [0.2, 0.25) is 0 Å². The number of phenols is 1. The number of ether oxygens (including phenoxy) is 1. The number of nitrogens with two attached hydrogens (primary N) is 1. The number of hydrogen-bond donors (Lipinski definition) is 2. The summed E-state index contributed by atoms with van der Waals surface area (Å²) in [6.45, 7) is 6.08. The maximum Gasteiger partial charge on any atom is 0.196 e. The van der Waals surface area contributed by atoms with Crippen LogP contribution in [0.3, 0.4) is 0 Å². The molecule has 0 fully saturated rings. The van der Waals surface area contributed by atoms with Crippen LogP contribution in [-0.2, 0) is 5.41 Å². The summed E-state index contributed by atoms with van der Waals surface area (Å²) in [5.41, 5.74) is 7.49. The zero-order valence-corrected chi connectivity index (χ0v) is 13.3. The summed E-state index contributed by atoms with van der Waals surface area (Å²) in [5, 5.41) is 10.1. The van der Waals surface area contributed by atoms with E-state index in [1.807, 2.05) is 20.8 Å². The molecule has 4 nitrogen and oxygen atoms in total. The highest BCUT2D eigenvalue weighted by Crippen LogP contribution is 2.34. The second-order valence-electron chi connectivity index (χ2n) is 6.27. The first kappa shape index (κ1) is 15.9. The zero-order valence-electron chi connectivity index (χ0n) is 13.3. The fourth-order valence-corrected chi connectivity index (χ4v) is 2.16. The van der Waals surface area contributed by atoms with Gasteiger partial charge in [-0.15, -0.1) is 0 Å². The molecule has 2 aromatic carbocycles. The summed E-state index contributed by atoms with van der Waals surface area (Å²) >= 11 is 0. The lowest BCUT2D eigenvalue weighted by atomic mass is 9.84. The molecule has 3 N–H and O–H groups in total. The van der Waals surface area contributed by atoms with Crippen LogP contribution in [0.5, 0.6) is 11.5 Å². The number of ketones is 1. The second-order valence-corrected chi connectivity index (χ2v) is 6.27. The van der Waals surface area contributed by atoms with Gasteiger partial charge in [0.25, 0.3) is 0 Å². The van der Waals surface area contributed by atoms with Gasteiger partial charge in [-0.1, -0.05) is 20.8 Å². The molecule has 0 spiro atoms. The van der Waals surface area contributed by atoms with Crippen LogP contribution < -0.4 is 10.5 Å². The predicted octanol–water partition coefficient (Wildman–Crippen LogP) is 3.51. The fourth-order valence-electron chi connectivity index (χ4n) is 2.16. The first-order valence-electron chi connectivity index (χ1n) is 7.05. The number of methoxy groups -OCH3 is 1. The monoisotopic (exact) mass is 299 g/mol. The minimum Gasteiger partial charge on any atom is -0.505 e. The van der Waals surface area contributed by atoms with Crippen LogP contribution >= 0.6 is 0 Å². The van der Waals surface area contributed by atoms with Crippen LogP contribution in [0.25, 0.3) is 0 Å². The minimum atomic E-state index is -0.266. The van der Waals surface area contributed by atoms with Crippen molar-refractivity contribution < 1.29 is 14.6 Å². The normalized spacial score (nSPS) is 11.3. The van der Waals surface area contributed by atoms with E-state index in [0.29, 0.717) is 11.3 Å². The van der Waals surface area contributed by atoms with Crippen molar-refractivity contribution in [3.05, 3.63) is 53.1 Å². The number of carbonyl (C=O) groups excluding carboxylic acids is 1. The van der Waals surface area contributed by atoms with Gasteiger partial charge in [0.2, 0.25) is 0 Å². The van der Waals surface area contributed by atoms with Crippen LogP contribution in [0.15, 0.2) is 36.4 Å². The zero-order chi connectivity index (χ0) is 16.5. The van der Waals surface area contributed by atoms with E-state index in [0.717, 1.165) is 5.56 Å². The second kappa shape index (κ2) is 5.72. The Kier molecular flexibility index (Phi) is 4.13. The molecule has 116 valence electrons. The third kappa shape index (κ3) is 3.06. The fraction of sp³-hybridized carbons (Fsp3) is 0.278. The Morgan fingerprint density at radius 2 is 1.73 bits per heavy atom. The number of nitrogen functional groups attached to an aromatic ring is 1. The van der Waals surface area contributed by atoms with E-state index in [1.54, 1.807) is 43.5 Å². The maximum absolute atomic E-state index is 12.6. The van der Waals surface area contributed by atoms with Crippen molar-refractivity contribution in [2.45, 2.75) is 26.2 Å². The van der Waals surface area contributed by atoms with Gasteiger partial charge < -0.3 is 15.6 Å². The standard InChI is InChI=1S/C18H21NO3/c1-18(2,3)12-9-14(17(21)15(19)10-12)16(20)11-5-7-13(22-4)8-6-11/h5-10,21H,19H2,1-4H3. The van der Waals surface area contributed by atoms with Crippen molar-refractivity contribution in [1.29, 1.82) is 0 Å². The number of carbonyl (C=O) groups is 1. The van der Waals surface area contributed by atoms with Gasteiger partial charge in [0.15, 0.2) is 5.78 Å². The van der Waals surface area contributed by atoms with E-state index in [9.17, 15) is 9.90 Å². The number of anilines is 1. The molecule has 0 atom stereocenters. The van der Waals surface area contributed by atoms with Crippen molar-refractivity contribution >= 4 is 11.5 Å². The molecule has 0 saturated carbocycles. The van der Waals surface area contributed by atoms with Crippen molar-refractivity contribution in [3.63, 3.8) is 0 Å². The third-order valence-corrected chi connectivity index (χ3v) is 3.60. The lowest BCUT2D eigenvalue weighted by molar-refractivity contribution is 0.103. The third-order valence-electron chi connectivity index (χ3n) is 3.60. The molecule has 4 heteroatoms. The molecule has 0 radical (unpaired) electrons. The largest absolute Gasteiger partial charge is 0.505 e. The van der Waals surface area contributed by atoms with E-state index < -0.39 is 0 Å². The highest BCUT2D eigenvalue weighted by molar-refractivity contribution is 6.11. The Morgan fingerprint density at radius 1 is 1.14 bits per heavy atom. The molecule has 2 rings (SSSR count). The molecule has 0 saturated heterocycles. The molecule has 0 aliphatic heterocycles. The molecular formula is C18H21NO3. The maximum atomic E-state index is 12.6. The molecule has 0 heterocycles. The molecule has 2 aromatic rings. The summed E-state index contributed by atoms with van der Waals surface area (Å²) in [6.07, 6.45) is 0. The van der Waals surface area contributed by atoms with E-state index in [-0.39, 0.29) is 28.2 Å². The van der Waals surface area contributed by atoms with E-state index in [1.165, 1.54) is 0 Å². The highest BCUT2D eigenvalue weighted by Gasteiger charge is 2.21. The lowest BCUT2D eigenvalue weighted by Gasteiger charge is -2.21. The Balaban J connectivity index is 2.50. The molecule has 22 heavy (non-hydrogen) atoms. The summed E-state index contributed by atoms with van der Waals surface area (Å²) < 4.78 is 5.08. The van der Waals surface area contributed by atoms with Gasteiger partial charge in [-0.3, -0.25) is 4.79 Å². The Bertz CT molecular complexity index is 698. The molecule has 0 aromatic heterocycles. The van der Waals surface area contributed by atoms with Crippen LogP contribution in [0, 0.1) is 0 Å². The van der Waals surface area contributed by atoms with E-state index in [2.05, 4.69) is 0 Å². The number of rotatable bonds is 3. The number of aromatic hydroxyl groups is 1. The smallest absolute Gasteiger partial charge is 0.196 e. The van der Waals surface area contributed by atoms with Gasteiger partial charge in [0.05, 0.1) is 18.4 Å². The molecule has 0 unspecified atom stereocenters. The van der Waals surface area contributed by atoms with Crippen LogP contribution in [-0.4, -0.2) is 18.0 Å². The van der Waals surface area contributed by atoms with Crippen molar-refractivity contribution in [2.24, 2.45) is 0 Å². The summed E-state index contributed by atoms with van der Waals surface area (Å²) in [5.74, 6) is 0.232. The van der Waals surface area contributed by atoms with Gasteiger partial charge in [0.1, 0.15) is 11.5 Å². The lowest BCUT2D eigenvalue weighted by Crippen LogP contribution is -2.14. The van der Waals surface area contributed by atoms with Crippen LogP contribution in [0.1, 0.15) is 42.3 Å².